The van der Waals surface area contributed by atoms with E-state index < -0.39 is 8.07 Å². The highest BCUT2D eigenvalue weighted by atomic mass is 28.3. The van der Waals surface area contributed by atoms with Gasteiger partial charge in [0.25, 0.3) is 0 Å². The van der Waals surface area contributed by atoms with Crippen LogP contribution in [0.3, 0.4) is 0 Å². The maximum Gasteiger partial charge on any atom is 0.123 e. The van der Waals surface area contributed by atoms with Crippen LogP contribution in [0.2, 0.25) is 12.1 Å². The Labute approximate surface area is 241 Å². The van der Waals surface area contributed by atoms with Gasteiger partial charge in [-0.25, -0.2) is 8.78 Å². The van der Waals surface area contributed by atoms with Crippen molar-refractivity contribution in [2.24, 2.45) is 0 Å². The number of hydrogen-bond donors (Lipinski definition) is 0. The van der Waals surface area contributed by atoms with Gasteiger partial charge in [0.15, 0.2) is 0 Å². The van der Waals surface area contributed by atoms with Crippen molar-refractivity contribution in [1.82, 2.24) is 0 Å². The van der Waals surface area contributed by atoms with Crippen molar-refractivity contribution in [2.75, 3.05) is 0 Å². The van der Waals surface area contributed by atoms with E-state index in [0.29, 0.717) is 0 Å². The van der Waals surface area contributed by atoms with Crippen molar-refractivity contribution in [3.63, 3.8) is 0 Å². The summed E-state index contributed by atoms with van der Waals surface area (Å²) in [6.45, 7) is 4.54. The first-order valence-corrected chi connectivity index (χ1v) is 19.1. The van der Waals surface area contributed by atoms with E-state index in [1.54, 1.807) is 24.3 Å². The monoisotopic (exact) mass is 556 g/mol. The molecule has 0 atom stereocenters. The van der Waals surface area contributed by atoms with Crippen LogP contribution in [0.25, 0.3) is 0 Å². The molecule has 0 radical (unpaired) electrons. The van der Waals surface area contributed by atoms with Crippen LogP contribution in [-0.2, 0) is 0 Å². The Balaban J connectivity index is 1.98. The molecule has 2 aromatic rings. The van der Waals surface area contributed by atoms with Gasteiger partial charge in [0.1, 0.15) is 19.7 Å². The van der Waals surface area contributed by atoms with Crippen LogP contribution in [0.5, 0.6) is 0 Å². The minimum Gasteiger partial charge on any atom is -0.207 e. The summed E-state index contributed by atoms with van der Waals surface area (Å²) in [7, 11) is -2.27. The second kappa shape index (κ2) is 21.3. The molecule has 0 spiro atoms. The first kappa shape index (κ1) is 33.7. The lowest BCUT2D eigenvalue weighted by Gasteiger charge is -2.34. The van der Waals surface area contributed by atoms with Gasteiger partial charge in [0.05, 0.1) is 0 Å². The number of rotatable bonds is 24. The average molecular weight is 557 g/mol. The van der Waals surface area contributed by atoms with Crippen LogP contribution in [0.15, 0.2) is 48.5 Å². The molecule has 39 heavy (non-hydrogen) atoms. The van der Waals surface area contributed by atoms with E-state index in [2.05, 4.69) is 26.0 Å². The molecule has 0 heterocycles. The third-order valence-corrected chi connectivity index (χ3v) is 13.9. The Bertz CT molecular complexity index is 793. The fraction of sp³-hybridized carbons (Fsp3) is 0.667. The van der Waals surface area contributed by atoms with Crippen LogP contribution in [0.1, 0.15) is 142 Å². The zero-order chi connectivity index (χ0) is 28.0. The van der Waals surface area contributed by atoms with Crippen LogP contribution < -0.4 is 10.4 Å². The predicted molar refractivity (Wildman–Crippen MR) is 171 cm³/mol. The van der Waals surface area contributed by atoms with E-state index in [-0.39, 0.29) is 11.6 Å². The summed E-state index contributed by atoms with van der Waals surface area (Å²) in [6.07, 6.45) is 26.3. The number of unbranched alkanes of at least 4 members (excludes halogenated alkanes) is 18. The minimum absolute atomic E-state index is 0.160. The summed E-state index contributed by atoms with van der Waals surface area (Å²) < 4.78 is 29.0. The lowest BCUT2D eigenvalue weighted by atomic mass is 10.1. The zero-order valence-electron chi connectivity index (χ0n) is 25.4. The van der Waals surface area contributed by atoms with Gasteiger partial charge in [-0.15, -0.1) is 0 Å². The molecule has 3 heteroatoms. The van der Waals surface area contributed by atoms with E-state index in [1.807, 2.05) is 12.1 Å². The number of hydrogen-bond acceptors (Lipinski definition) is 0. The summed E-state index contributed by atoms with van der Waals surface area (Å²) in [4.78, 5) is 0. The predicted octanol–water partition coefficient (Wildman–Crippen LogP) is 11.4. The van der Waals surface area contributed by atoms with E-state index in [0.717, 1.165) is 35.3 Å². The van der Waals surface area contributed by atoms with Crippen molar-refractivity contribution in [2.45, 2.75) is 154 Å². The van der Waals surface area contributed by atoms with Gasteiger partial charge in [-0.2, -0.15) is 0 Å². The highest BCUT2D eigenvalue weighted by Crippen LogP contribution is 2.25. The molecule has 0 nitrogen and oxygen atoms in total. The average Bonchev–Trinajstić information content (AvgIpc) is 2.94. The van der Waals surface area contributed by atoms with Crippen LogP contribution in [-0.4, -0.2) is 8.07 Å². The third-order valence-electron chi connectivity index (χ3n) is 8.67. The molecule has 0 saturated carbocycles. The standard InChI is InChI=1S/C36H58F2Si/c1-3-5-7-9-11-13-15-17-19-21-29-39(35-27-23-25-33(37)31-35,36-28-24-26-34(38)32-36)30-22-20-18-16-14-12-10-8-6-4-2/h23-28,31-32H,3-22,29-30H2,1-2H3. The van der Waals surface area contributed by atoms with Crippen molar-refractivity contribution in [3.05, 3.63) is 60.2 Å². The molecule has 0 saturated heterocycles. The quantitative estimate of drug-likeness (QED) is 0.0891. The van der Waals surface area contributed by atoms with Gasteiger partial charge in [0, 0.05) is 0 Å². The number of halogens is 2. The van der Waals surface area contributed by atoms with E-state index in [1.165, 1.54) is 116 Å². The second-order valence-corrected chi connectivity index (χ2v) is 16.3. The van der Waals surface area contributed by atoms with Crippen molar-refractivity contribution < 1.29 is 8.78 Å². The molecule has 0 aromatic heterocycles. The van der Waals surface area contributed by atoms with Gasteiger partial charge in [-0.1, -0.05) is 177 Å². The summed E-state index contributed by atoms with van der Waals surface area (Å²) in [5.41, 5.74) is 0. The second-order valence-electron chi connectivity index (χ2n) is 12.0. The molecule has 0 N–H and O–H groups in total. The summed E-state index contributed by atoms with van der Waals surface area (Å²) in [5.74, 6) is -0.321. The van der Waals surface area contributed by atoms with E-state index >= 15 is 0 Å². The zero-order valence-corrected chi connectivity index (χ0v) is 26.4. The summed E-state index contributed by atoms with van der Waals surface area (Å²) in [5, 5.41) is 2.31. The van der Waals surface area contributed by atoms with Crippen LogP contribution >= 0.6 is 0 Å². The van der Waals surface area contributed by atoms with Crippen LogP contribution in [0.4, 0.5) is 8.78 Å². The van der Waals surface area contributed by atoms with Crippen LogP contribution in [0, 0.1) is 11.6 Å². The largest absolute Gasteiger partial charge is 0.207 e. The van der Waals surface area contributed by atoms with E-state index in [4.69, 9.17) is 0 Å². The maximum absolute atomic E-state index is 14.5. The first-order valence-electron chi connectivity index (χ1n) is 16.6. The molecule has 0 fully saturated rings. The highest BCUT2D eigenvalue weighted by molar-refractivity contribution is 7.02. The van der Waals surface area contributed by atoms with Gasteiger partial charge < -0.3 is 0 Å². The molecule has 2 rings (SSSR count). The highest BCUT2D eigenvalue weighted by Gasteiger charge is 2.36. The van der Waals surface area contributed by atoms with Gasteiger partial charge in [0.2, 0.25) is 0 Å². The maximum atomic E-state index is 14.5. The normalized spacial score (nSPS) is 11.8. The summed E-state index contributed by atoms with van der Waals surface area (Å²) in [6, 6.07) is 16.8. The third kappa shape index (κ3) is 13.6. The smallest absolute Gasteiger partial charge is 0.123 e. The molecular weight excluding hydrogens is 498 g/mol. The molecule has 0 amide bonds. The molecular formula is C36H58F2Si. The Morgan fingerprint density at radius 2 is 0.744 bits per heavy atom. The lowest BCUT2D eigenvalue weighted by Crippen LogP contribution is -2.58. The van der Waals surface area contributed by atoms with Crippen molar-refractivity contribution in [1.29, 1.82) is 0 Å². The first-order chi connectivity index (χ1) is 19.1. The fourth-order valence-electron chi connectivity index (χ4n) is 6.27. The SMILES string of the molecule is CCCCCCCCCCCC[Si](CCCCCCCCCCCC)(c1cccc(F)c1)c1cccc(F)c1. The summed E-state index contributed by atoms with van der Waals surface area (Å²) >= 11 is 0. The molecule has 0 aliphatic heterocycles. The number of benzene rings is 2. The van der Waals surface area contributed by atoms with Gasteiger partial charge in [-0.05, 0) is 36.4 Å². The molecule has 0 unspecified atom stereocenters. The Morgan fingerprint density at radius 3 is 1.05 bits per heavy atom. The van der Waals surface area contributed by atoms with Crippen molar-refractivity contribution >= 4 is 18.4 Å². The molecule has 2 aromatic carbocycles. The lowest BCUT2D eigenvalue weighted by molar-refractivity contribution is 0.559. The molecule has 0 aliphatic rings. The fourth-order valence-corrected chi connectivity index (χ4v) is 11.4. The van der Waals surface area contributed by atoms with Gasteiger partial charge >= 0.3 is 0 Å². The van der Waals surface area contributed by atoms with E-state index in [9.17, 15) is 8.78 Å². The molecule has 0 bridgehead atoms. The van der Waals surface area contributed by atoms with Gasteiger partial charge in [-0.3, -0.25) is 0 Å². The molecule has 220 valence electrons. The van der Waals surface area contributed by atoms with Crippen molar-refractivity contribution in [3.8, 4) is 0 Å². The Kier molecular flexibility index (Phi) is 18.4. The molecule has 0 aliphatic carbocycles. The topological polar surface area (TPSA) is 0 Å². The Hall–Kier alpha value is -1.48. The Morgan fingerprint density at radius 1 is 0.436 bits per heavy atom. The minimum atomic E-state index is -2.27.